The molecule has 0 fully saturated rings. The molecule has 0 aliphatic heterocycles. The lowest BCUT2D eigenvalue weighted by Crippen LogP contribution is -2.21. The second kappa shape index (κ2) is 5.67. The maximum Gasteiger partial charge on any atom is 0.274 e. The van der Waals surface area contributed by atoms with Gasteiger partial charge in [0.25, 0.3) is 5.91 Å². The molecule has 3 rings (SSSR count). The van der Waals surface area contributed by atoms with Crippen molar-refractivity contribution in [3.63, 3.8) is 0 Å². The molecule has 24 heavy (non-hydrogen) atoms. The molecule has 5 nitrogen and oxygen atoms in total. The van der Waals surface area contributed by atoms with Gasteiger partial charge in [0.2, 0.25) is 0 Å². The molecule has 1 aromatic carbocycles. The lowest BCUT2D eigenvalue weighted by molar-refractivity contribution is 0.102. The summed E-state index contributed by atoms with van der Waals surface area (Å²) in [5, 5.41) is 6.63. The Kier molecular flexibility index (Phi) is 3.79. The van der Waals surface area contributed by atoms with Crippen LogP contribution >= 0.6 is 0 Å². The van der Waals surface area contributed by atoms with Crippen LogP contribution in [0.3, 0.4) is 0 Å². The Balaban J connectivity index is 2.01. The highest BCUT2D eigenvalue weighted by Crippen LogP contribution is 2.24. The Morgan fingerprint density at radius 3 is 2.58 bits per heavy atom. The SMILES string of the molecule is CC(C)(C)c1cc(C(=O)Nc2ccc(F)cc2F)nc2ccnn12. The van der Waals surface area contributed by atoms with E-state index in [1.54, 1.807) is 22.8 Å². The zero-order valence-electron chi connectivity index (χ0n) is 13.5. The monoisotopic (exact) mass is 330 g/mol. The van der Waals surface area contributed by atoms with Crippen LogP contribution in [-0.4, -0.2) is 20.5 Å². The average Bonchev–Trinajstić information content (AvgIpc) is 2.96. The van der Waals surface area contributed by atoms with Gasteiger partial charge in [-0.05, 0) is 18.2 Å². The van der Waals surface area contributed by atoms with Crippen LogP contribution in [0.1, 0.15) is 37.0 Å². The molecule has 2 heterocycles. The number of nitrogens with zero attached hydrogens (tertiary/aromatic N) is 3. The summed E-state index contributed by atoms with van der Waals surface area (Å²) >= 11 is 0. The topological polar surface area (TPSA) is 59.3 Å². The third-order valence-corrected chi connectivity index (χ3v) is 3.54. The highest BCUT2D eigenvalue weighted by Gasteiger charge is 2.22. The first kappa shape index (κ1) is 16.0. The zero-order chi connectivity index (χ0) is 17.5. The maximum absolute atomic E-state index is 13.7. The van der Waals surface area contributed by atoms with Gasteiger partial charge in [-0.15, -0.1) is 0 Å². The number of halogens is 2. The van der Waals surface area contributed by atoms with Crippen molar-refractivity contribution in [2.24, 2.45) is 0 Å². The highest BCUT2D eigenvalue weighted by atomic mass is 19.1. The first-order valence-corrected chi connectivity index (χ1v) is 7.37. The third-order valence-electron chi connectivity index (χ3n) is 3.54. The molecule has 0 saturated carbocycles. The van der Waals surface area contributed by atoms with Gasteiger partial charge >= 0.3 is 0 Å². The molecule has 1 N–H and O–H groups in total. The van der Waals surface area contributed by atoms with E-state index in [1.807, 2.05) is 20.8 Å². The minimum absolute atomic E-state index is 0.103. The Morgan fingerprint density at radius 2 is 1.92 bits per heavy atom. The highest BCUT2D eigenvalue weighted by molar-refractivity contribution is 6.03. The predicted molar refractivity (Wildman–Crippen MR) is 86.0 cm³/mol. The Morgan fingerprint density at radius 1 is 1.17 bits per heavy atom. The number of hydrogen-bond donors (Lipinski definition) is 1. The summed E-state index contributed by atoms with van der Waals surface area (Å²) in [6, 6.07) is 6.27. The van der Waals surface area contributed by atoms with Crippen LogP contribution in [0.15, 0.2) is 36.5 Å². The van der Waals surface area contributed by atoms with Crippen molar-refractivity contribution >= 4 is 17.2 Å². The molecule has 1 amide bonds. The first-order valence-electron chi connectivity index (χ1n) is 7.37. The number of carbonyl (C=O) groups excluding carboxylic acids is 1. The second-order valence-corrected chi connectivity index (χ2v) is 6.46. The molecule has 124 valence electrons. The van der Waals surface area contributed by atoms with Gasteiger partial charge in [0.05, 0.1) is 17.6 Å². The Bertz CT molecular complexity index is 928. The number of anilines is 1. The van der Waals surface area contributed by atoms with E-state index in [2.05, 4.69) is 15.4 Å². The number of carbonyl (C=O) groups is 1. The first-order chi connectivity index (χ1) is 11.3. The fourth-order valence-electron chi connectivity index (χ4n) is 2.34. The molecule has 0 saturated heterocycles. The number of nitrogens with one attached hydrogen (secondary N) is 1. The van der Waals surface area contributed by atoms with E-state index in [4.69, 9.17) is 0 Å². The Hall–Kier alpha value is -2.83. The van der Waals surface area contributed by atoms with Crippen LogP contribution in [-0.2, 0) is 5.41 Å². The van der Waals surface area contributed by atoms with Crippen molar-refractivity contribution in [3.8, 4) is 0 Å². The van der Waals surface area contributed by atoms with E-state index in [9.17, 15) is 13.6 Å². The normalized spacial score (nSPS) is 11.7. The van der Waals surface area contributed by atoms with E-state index in [0.717, 1.165) is 11.8 Å². The van der Waals surface area contributed by atoms with E-state index in [1.165, 1.54) is 6.07 Å². The van der Waals surface area contributed by atoms with Crippen molar-refractivity contribution in [1.29, 1.82) is 0 Å². The molecule has 0 spiro atoms. The summed E-state index contributed by atoms with van der Waals surface area (Å²) in [5.41, 5.74) is 1.07. The number of aromatic nitrogens is 3. The fourth-order valence-corrected chi connectivity index (χ4v) is 2.34. The summed E-state index contributed by atoms with van der Waals surface area (Å²) in [6.07, 6.45) is 1.60. The van der Waals surface area contributed by atoms with Crippen molar-refractivity contribution in [2.75, 3.05) is 5.32 Å². The van der Waals surface area contributed by atoms with Crippen molar-refractivity contribution in [2.45, 2.75) is 26.2 Å². The van der Waals surface area contributed by atoms with Gasteiger partial charge in [-0.2, -0.15) is 5.10 Å². The van der Waals surface area contributed by atoms with E-state index < -0.39 is 17.5 Å². The van der Waals surface area contributed by atoms with Crippen LogP contribution in [0.25, 0.3) is 5.65 Å². The van der Waals surface area contributed by atoms with Crippen LogP contribution in [0.2, 0.25) is 0 Å². The lowest BCUT2D eigenvalue weighted by atomic mass is 9.91. The van der Waals surface area contributed by atoms with Gasteiger partial charge < -0.3 is 5.32 Å². The predicted octanol–water partition coefficient (Wildman–Crippen LogP) is 3.56. The van der Waals surface area contributed by atoms with Gasteiger partial charge in [-0.3, -0.25) is 4.79 Å². The zero-order valence-corrected chi connectivity index (χ0v) is 13.5. The quantitative estimate of drug-likeness (QED) is 0.781. The number of amides is 1. The summed E-state index contributed by atoms with van der Waals surface area (Å²) in [5.74, 6) is -2.13. The van der Waals surface area contributed by atoms with E-state index >= 15 is 0 Å². The third kappa shape index (κ3) is 2.97. The molecule has 0 radical (unpaired) electrons. The minimum atomic E-state index is -0.843. The van der Waals surface area contributed by atoms with Crippen LogP contribution < -0.4 is 5.32 Å². The maximum atomic E-state index is 13.7. The summed E-state index contributed by atoms with van der Waals surface area (Å²) < 4.78 is 28.3. The van der Waals surface area contributed by atoms with Gasteiger partial charge in [0, 0.05) is 17.5 Å². The number of hydrogen-bond acceptors (Lipinski definition) is 3. The summed E-state index contributed by atoms with van der Waals surface area (Å²) in [6.45, 7) is 5.97. The van der Waals surface area contributed by atoms with Crippen molar-refractivity contribution < 1.29 is 13.6 Å². The number of benzene rings is 1. The standard InChI is InChI=1S/C17H16F2N4O/c1-17(2,3)14-9-13(21-15-6-7-20-23(14)15)16(24)22-12-5-4-10(18)8-11(12)19/h4-9H,1-3H3,(H,22,24). The molecule has 0 atom stereocenters. The number of rotatable bonds is 2. The average molecular weight is 330 g/mol. The lowest BCUT2D eigenvalue weighted by Gasteiger charge is -2.20. The molecular weight excluding hydrogens is 314 g/mol. The van der Waals surface area contributed by atoms with Crippen LogP contribution in [0.5, 0.6) is 0 Å². The van der Waals surface area contributed by atoms with E-state index in [-0.39, 0.29) is 16.8 Å². The molecular formula is C17H16F2N4O. The molecule has 2 aromatic heterocycles. The van der Waals surface area contributed by atoms with Crippen LogP contribution in [0, 0.1) is 11.6 Å². The van der Waals surface area contributed by atoms with Gasteiger partial charge in [-0.25, -0.2) is 18.3 Å². The molecule has 0 aliphatic carbocycles. The molecule has 7 heteroatoms. The fraction of sp³-hybridized carbons (Fsp3) is 0.235. The molecule has 0 unspecified atom stereocenters. The van der Waals surface area contributed by atoms with E-state index in [0.29, 0.717) is 11.7 Å². The largest absolute Gasteiger partial charge is 0.318 e. The molecule has 3 aromatic rings. The smallest absolute Gasteiger partial charge is 0.274 e. The molecule has 0 bridgehead atoms. The molecule has 0 aliphatic rings. The van der Waals surface area contributed by atoms with Crippen molar-refractivity contribution in [1.82, 2.24) is 14.6 Å². The van der Waals surface area contributed by atoms with Crippen LogP contribution in [0.4, 0.5) is 14.5 Å². The van der Waals surface area contributed by atoms with Crippen molar-refractivity contribution in [3.05, 3.63) is 59.6 Å². The van der Waals surface area contributed by atoms with Gasteiger partial charge in [0.15, 0.2) is 5.65 Å². The van der Waals surface area contributed by atoms with Gasteiger partial charge in [-0.1, -0.05) is 20.8 Å². The summed E-state index contributed by atoms with van der Waals surface area (Å²) in [7, 11) is 0. The Labute approximate surface area is 137 Å². The second-order valence-electron chi connectivity index (χ2n) is 6.46. The minimum Gasteiger partial charge on any atom is -0.318 e. The van der Waals surface area contributed by atoms with Gasteiger partial charge in [0.1, 0.15) is 17.3 Å². The summed E-state index contributed by atoms with van der Waals surface area (Å²) in [4.78, 5) is 16.7. The number of fused-ring (bicyclic) bond motifs is 1.